The first-order chi connectivity index (χ1) is 8.99. The lowest BCUT2D eigenvalue weighted by atomic mass is 10.1. The fraction of sp³-hybridized carbons (Fsp3) is 0.231. The van der Waals surface area contributed by atoms with Gasteiger partial charge in [0.2, 0.25) is 0 Å². The Morgan fingerprint density at radius 2 is 1.89 bits per heavy atom. The average molecular weight is 345 g/mol. The van der Waals surface area contributed by atoms with Crippen molar-refractivity contribution in [1.82, 2.24) is 9.97 Å². The minimum Gasteiger partial charge on any atom is -0.346 e. The summed E-state index contributed by atoms with van der Waals surface area (Å²) in [5, 5.41) is 0. The standard InChI is InChI=1S/C13H11BrF2N2S/c1-2-10-12(14)13(19)18-11(17-10)5-7-3-8(15)6-9(16)4-7/h3-4,6H,2,5H2,1H3,(H,17,18,19). The third-order valence-electron chi connectivity index (χ3n) is 2.63. The van der Waals surface area contributed by atoms with E-state index in [1.807, 2.05) is 6.92 Å². The van der Waals surface area contributed by atoms with Crippen LogP contribution in [0.1, 0.15) is 24.0 Å². The van der Waals surface area contributed by atoms with E-state index in [4.69, 9.17) is 12.2 Å². The van der Waals surface area contributed by atoms with Gasteiger partial charge in [-0.3, -0.25) is 0 Å². The number of benzene rings is 1. The summed E-state index contributed by atoms with van der Waals surface area (Å²) >= 11 is 8.50. The molecule has 0 aliphatic heterocycles. The molecule has 1 aromatic heterocycles. The summed E-state index contributed by atoms with van der Waals surface area (Å²) < 4.78 is 27.5. The highest BCUT2D eigenvalue weighted by Crippen LogP contribution is 2.18. The highest BCUT2D eigenvalue weighted by atomic mass is 79.9. The van der Waals surface area contributed by atoms with Gasteiger partial charge >= 0.3 is 0 Å². The van der Waals surface area contributed by atoms with Gasteiger partial charge in [-0.05, 0) is 40.0 Å². The Bertz CT molecular complexity index is 650. The maximum atomic E-state index is 13.1. The van der Waals surface area contributed by atoms with Gasteiger partial charge in [0.15, 0.2) is 0 Å². The van der Waals surface area contributed by atoms with Crippen LogP contribution in [0.5, 0.6) is 0 Å². The first-order valence-corrected chi connectivity index (χ1v) is 6.92. The third-order valence-corrected chi connectivity index (χ3v) is 4.04. The van der Waals surface area contributed by atoms with Gasteiger partial charge in [-0.2, -0.15) is 0 Å². The molecule has 2 nitrogen and oxygen atoms in total. The highest BCUT2D eigenvalue weighted by molar-refractivity contribution is 9.10. The van der Waals surface area contributed by atoms with E-state index in [2.05, 4.69) is 25.9 Å². The Morgan fingerprint density at radius 3 is 2.47 bits per heavy atom. The van der Waals surface area contributed by atoms with Gasteiger partial charge in [-0.15, -0.1) is 0 Å². The van der Waals surface area contributed by atoms with Crippen LogP contribution in [0.4, 0.5) is 8.78 Å². The summed E-state index contributed by atoms with van der Waals surface area (Å²) in [4.78, 5) is 7.32. The Morgan fingerprint density at radius 1 is 1.26 bits per heavy atom. The normalized spacial score (nSPS) is 10.7. The van der Waals surface area contributed by atoms with Crippen LogP contribution in [-0.2, 0) is 12.8 Å². The molecular formula is C13H11BrF2N2S. The predicted molar refractivity (Wildman–Crippen MR) is 75.7 cm³/mol. The van der Waals surface area contributed by atoms with Gasteiger partial charge in [0.1, 0.15) is 22.1 Å². The molecule has 1 aromatic carbocycles. The summed E-state index contributed by atoms with van der Waals surface area (Å²) in [7, 11) is 0. The van der Waals surface area contributed by atoms with E-state index < -0.39 is 11.6 Å². The van der Waals surface area contributed by atoms with Crippen LogP contribution in [-0.4, -0.2) is 9.97 Å². The number of hydrogen-bond acceptors (Lipinski definition) is 2. The molecule has 100 valence electrons. The van der Waals surface area contributed by atoms with E-state index in [-0.39, 0.29) is 0 Å². The van der Waals surface area contributed by atoms with Crippen molar-refractivity contribution in [2.45, 2.75) is 19.8 Å². The lowest BCUT2D eigenvalue weighted by Gasteiger charge is -2.07. The summed E-state index contributed by atoms with van der Waals surface area (Å²) in [6.07, 6.45) is 1.07. The monoisotopic (exact) mass is 344 g/mol. The Balaban J connectivity index is 2.38. The fourth-order valence-corrected chi connectivity index (χ4v) is 2.49. The number of aryl methyl sites for hydroxylation is 1. The van der Waals surface area contributed by atoms with Gasteiger partial charge in [-0.1, -0.05) is 19.1 Å². The van der Waals surface area contributed by atoms with Crippen LogP contribution in [0.15, 0.2) is 22.7 Å². The number of nitrogens with zero attached hydrogens (tertiary/aromatic N) is 1. The summed E-state index contributed by atoms with van der Waals surface area (Å²) in [6.45, 7) is 1.98. The van der Waals surface area contributed by atoms with E-state index in [1.54, 1.807) is 0 Å². The molecule has 0 fully saturated rings. The van der Waals surface area contributed by atoms with Crippen molar-refractivity contribution >= 4 is 28.1 Å². The second-order valence-electron chi connectivity index (χ2n) is 4.09. The van der Waals surface area contributed by atoms with E-state index >= 15 is 0 Å². The molecule has 6 heteroatoms. The Kier molecular flexibility index (Phi) is 4.42. The van der Waals surface area contributed by atoms with Crippen LogP contribution in [0, 0.1) is 16.3 Å². The number of aromatic nitrogens is 2. The summed E-state index contributed by atoms with van der Waals surface area (Å²) in [5.41, 5.74) is 1.44. The zero-order chi connectivity index (χ0) is 14.0. The van der Waals surface area contributed by atoms with Gasteiger partial charge in [0.05, 0.1) is 4.47 Å². The molecule has 0 atom stereocenters. The molecule has 0 radical (unpaired) electrons. The summed E-state index contributed by atoms with van der Waals surface area (Å²) in [5.74, 6) is -0.599. The molecule has 19 heavy (non-hydrogen) atoms. The van der Waals surface area contributed by atoms with Gasteiger partial charge in [-0.25, -0.2) is 13.8 Å². The molecule has 1 heterocycles. The third kappa shape index (κ3) is 3.45. The predicted octanol–water partition coefficient (Wildman–Crippen LogP) is 4.33. The molecule has 2 rings (SSSR count). The van der Waals surface area contributed by atoms with Crippen LogP contribution in [0.25, 0.3) is 0 Å². The van der Waals surface area contributed by atoms with Crippen molar-refractivity contribution in [2.75, 3.05) is 0 Å². The molecule has 0 saturated heterocycles. The quantitative estimate of drug-likeness (QED) is 0.839. The number of hydrogen-bond donors (Lipinski definition) is 1. The first-order valence-electron chi connectivity index (χ1n) is 5.72. The lowest BCUT2D eigenvalue weighted by molar-refractivity contribution is 0.580. The molecule has 1 N–H and O–H groups in total. The van der Waals surface area contributed by atoms with Crippen molar-refractivity contribution in [3.8, 4) is 0 Å². The molecule has 0 saturated carbocycles. The maximum Gasteiger partial charge on any atom is 0.144 e. The first kappa shape index (κ1) is 14.3. The van der Waals surface area contributed by atoms with E-state index in [0.717, 1.165) is 22.7 Å². The van der Waals surface area contributed by atoms with Crippen molar-refractivity contribution < 1.29 is 8.78 Å². The number of rotatable bonds is 3. The Hall–Kier alpha value is -1.14. The van der Waals surface area contributed by atoms with Gasteiger partial charge in [0.25, 0.3) is 0 Å². The van der Waals surface area contributed by atoms with Crippen LogP contribution in [0.3, 0.4) is 0 Å². The Labute approximate surface area is 123 Å². The van der Waals surface area contributed by atoms with Crippen molar-refractivity contribution in [3.05, 3.63) is 56.0 Å². The number of H-pyrrole nitrogens is 1. The van der Waals surface area contributed by atoms with Crippen molar-refractivity contribution in [2.24, 2.45) is 0 Å². The lowest BCUT2D eigenvalue weighted by Crippen LogP contribution is -2.02. The minimum atomic E-state index is -0.596. The SMILES string of the molecule is CCc1[nH]c(Cc2cc(F)cc(F)c2)nc(=S)c1Br. The summed E-state index contributed by atoms with van der Waals surface area (Å²) in [6, 6.07) is 3.42. The van der Waals surface area contributed by atoms with E-state index in [0.29, 0.717) is 22.4 Å². The molecule has 0 aliphatic carbocycles. The molecule has 0 spiro atoms. The fourth-order valence-electron chi connectivity index (χ4n) is 1.79. The molecule has 0 amide bonds. The van der Waals surface area contributed by atoms with Gasteiger partial charge < -0.3 is 4.98 Å². The molecule has 0 unspecified atom stereocenters. The van der Waals surface area contributed by atoms with Crippen molar-refractivity contribution in [3.63, 3.8) is 0 Å². The smallest absolute Gasteiger partial charge is 0.144 e. The van der Waals surface area contributed by atoms with Crippen LogP contribution in [0.2, 0.25) is 0 Å². The largest absolute Gasteiger partial charge is 0.346 e. The van der Waals surface area contributed by atoms with Crippen molar-refractivity contribution in [1.29, 1.82) is 0 Å². The minimum absolute atomic E-state index is 0.304. The van der Waals surface area contributed by atoms with E-state index in [9.17, 15) is 8.78 Å². The zero-order valence-corrected chi connectivity index (χ0v) is 12.5. The van der Waals surface area contributed by atoms with Gasteiger partial charge in [0, 0.05) is 18.2 Å². The molecule has 2 aromatic rings. The second-order valence-corrected chi connectivity index (χ2v) is 5.27. The number of nitrogens with one attached hydrogen (secondary N) is 1. The molecule has 0 aliphatic rings. The van der Waals surface area contributed by atoms with E-state index in [1.165, 1.54) is 12.1 Å². The second kappa shape index (κ2) is 5.88. The number of aromatic amines is 1. The number of halogens is 3. The van der Waals surface area contributed by atoms with Crippen LogP contribution >= 0.6 is 28.1 Å². The highest BCUT2D eigenvalue weighted by Gasteiger charge is 2.07. The maximum absolute atomic E-state index is 13.1. The molecule has 0 bridgehead atoms. The topological polar surface area (TPSA) is 28.7 Å². The zero-order valence-electron chi connectivity index (χ0n) is 10.1. The average Bonchev–Trinajstić information content (AvgIpc) is 2.32. The van der Waals surface area contributed by atoms with Crippen LogP contribution < -0.4 is 0 Å². The molecular weight excluding hydrogens is 334 g/mol.